The van der Waals surface area contributed by atoms with E-state index in [9.17, 15) is 8.42 Å². The number of aromatic nitrogens is 1. The summed E-state index contributed by atoms with van der Waals surface area (Å²) in [4.78, 5) is 9.49. The van der Waals surface area contributed by atoms with Gasteiger partial charge in [-0.3, -0.25) is 9.98 Å². The van der Waals surface area contributed by atoms with E-state index in [1.54, 1.807) is 43.3 Å². The molecule has 1 aromatic heterocycles. The first-order valence-electron chi connectivity index (χ1n) is 9.45. The van der Waals surface area contributed by atoms with E-state index in [4.69, 9.17) is 11.5 Å². The first-order valence-corrected chi connectivity index (χ1v) is 12.0. The topological polar surface area (TPSA) is 111 Å². The fraction of sp³-hybridized carbons (Fsp3) is 0.333. The highest BCUT2D eigenvalue weighted by molar-refractivity contribution is 8.09. The van der Waals surface area contributed by atoms with E-state index in [-0.39, 0.29) is 11.6 Å². The smallest absolute Gasteiger partial charge is 0.171 e. The van der Waals surface area contributed by atoms with Crippen molar-refractivity contribution in [1.82, 2.24) is 4.98 Å². The van der Waals surface area contributed by atoms with Crippen molar-refractivity contribution < 1.29 is 12.8 Å². The average molecular weight is 447 g/mol. The van der Waals surface area contributed by atoms with Crippen LogP contribution in [-0.2, 0) is 14.6 Å². The number of nitrogens with two attached hydrogens (primary N) is 2. The number of nitrogens with zero attached hydrogens (tertiary/aromatic N) is 2. The van der Waals surface area contributed by atoms with Gasteiger partial charge in [-0.2, -0.15) is 0 Å². The summed E-state index contributed by atoms with van der Waals surface area (Å²) in [5.41, 5.74) is 12.5. The zero-order chi connectivity index (χ0) is 21.7. The average Bonchev–Trinajstić information content (AvgIpc) is 3.09. The highest BCUT2D eigenvalue weighted by Crippen LogP contribution is 2.49. The molecule has 0 saturated carbocycles. The summed E-state index contributed by atoms with van der Waals surface area (Å²) in [6, 6.07) is 12.2. The van der Waals surface area contributed by atoms with Crippen LogP contribution < -0.4 is 11.5 Å². The monoisotopic (exact) mass is 446 g/mol. The van der Waals surface area contributed by atoms with Crippen LogP contribution in [0.5, 0.6) is 0 Å². The lowest BCUT2D eigenvalue weighted by atomic mass is 9.94. The number of aliphatic imine (C=N–C) groups is 1. The molecule has 2 aliphatic heterocycles. The molecular weight excluding hydrogens is 423 g/mol. The van der Waals surface area contributed by atoms with Gasteiger partial charge in [0, 0.05) is 16.8 Å². The molecule has 2 aromatic rings. The van der Waals surface area contributed by atoms with Crippen molar-refractivity contribution >= 4 is 38.0 Å². The number of alkyl halides is 1. The van der Waals surface area contributed by atoms with Crippen LogP contribution in [0.2, 0.25) is 0 Å². The molecule has 4 N–H and O–H groups in total. The number of thioether (sulfide) groups is 1. The van der Waals surface area contributed by atoms with Crippen molar-refractivity contribution in [2.24, 2.45) is 10.7 Å². The molecule has 2 unspecified atom stereocenters. The maximum Gasteiger partial charge on any atom is 0.171 e. The van der Waals surface area contributed by atoms with E-state index in [2.05, 4.69) is 9.98 Å². The summed E-state index contributed by atoms with van der Waals surface area (Å²) in [5.74, 6) is -0.399. The molecule has 3 heterocycles. The molecule has 158 valence electrons. The van der Waals surface area contributed by atoms with E-state index in [1.165, 1.54) is 31.0 Å². The Morgan fingerprint density at radius 1 is 1.17 bits per heavy atom. The van der Waals surface area contributed by atoms with Gasteiger partial charge in [0.1, 0.15) is 12.0 Å². The fourth-order valence-electron chi connectivity index (χ4n) is 3.98. The van der Waals surface area contributed by atoms with Crippen LogP contribution in [0.3, 0.4) is 0 Å². The fourth-order valence-corrected chi connectivity index (χ4v) is 7.54. The molecule has 6 nitrogen and oxygen atoms in total. The Balaban J connectivity index is 1.71. The Kier molecular flexibility index (Phi) is 4.93. The number of amidine groups is 1. The SMILES string of the molecule is C[C@@]1(c2ccccn2)C(N)=N[C@](C)(C2SC(c3cccc(N)c3)=CC2F)CS1(=O)=O. The standard InChI is InChI=1S/C21H23FN4O2S2/c1-20(18-15(22)11-16(29-18)13-6-5-7-14(23)10-13)12-30(27,28)21(2,19(24)26-20)17-8-3-4-9-25-17/h3-11,15,18H,12,23H2,1-2H3,(H2,24,26)/t15?,18?,20-,21+/m0/s1. The number of sulfone groups is 1. The molecule has 9 heteroatoms. The Labute approximate surface area is 179 Å². The van der Waals surface area contributed by atoms with Crippen LogP contribution in [0.15, 0.2) is 59.7 Å². The summed E-state index contributed by atoms with van der Waals surface area (Å²) in [6.45, 7) is 3.16. The highest BCUT2D eigenvalue weighted by Gasteiger charge is 2.57. The lowest BCUT2D eigenvalue weighted by molar-refractivity contribution is 0.325. The highest BCUT2D eigenvalue weighted by atomic mass is 32.2. The normalized spacial score (nSPS) is 33.0. The summed E-state index contributed by atoms with van der Waals surface area (Å²) >= 11 is 1.27. The molecular formula is C21H23FN4O2S2. The van der Waals surface area contributed by atoms with Crippen LogP contribution in [0, 0.1) is 0 Å². The molecule has 0 aliphatic carbocycles. The van der Waals surface area contributed by atoms with E-state index in [0.717, 1.165) is 5.56 Å². The van der Waals surface area contributed by atoms with Crippen molar-refractivity contribution in [1.29, 1.82) is 0 Å². The minimum Gasteiger partial charge on any atom is -0.399 e. The van der Waals surface area contributed by atoms with E-state index >= 15 is 4.39 Å². The van der Waals surface area contributed by atoms with Gasteiger partial charge in [-0.05, 0) is 49.8 Å². The number of anilines is 1. The second-order valence-corrected chi connectivity index (χ2v) is 11.5. The van der Waals surface area contributed by atoms with Gasteiger partial charge in [0.25, 0.3) is 0 Å². The maximum absolute atomic E-state index is 15.1. The van der Waals surface area contributed by atoms with Crippen LogP contribution in [0.4, 0.5) is 10.1 Å². The Morgan fingerprint density at radius 2 is 1.93 bits per heavy atom. The second-order valence-electron chi connectivity index (χ2n) is 8.00. The molecule has 2 aliphatic rings. The second kappa shape index (κ2) is 7.09. The van der Waals surface area contributed by atoms with Crippen molar-refractivity contribution in [3.8, 4) is 0 Å². The van der Waals surface area contributed by atoms with Gasteiger partial charge in [-0.15, -0.1) is 11.8 Å². The van der Waals surface area contributed by atoms with Crippen LogP contribution in [0.25, 0.3) is 4.91 Å². The molecule has 0 amide bonds. The van der Waals surface area contributed by atoms with Crippen molar-refractivity contribution in [2.75, 3.05) is 11.5 Å². The van der Waals surface area contributed by atoms with Crippen LogP contribution in [0.1, 0.15) is 25.1 Å². The number of halogens is 1. The van der Waals surface area contributed by atoms with Gasteiger partial charge in [0.15, 0.2) is 14.6 Å². The lowest BCUT2D eigenvalue weighted by Gasteiger charge is -2.42. The maximum atomic E-state index is 15.1. The van der Waals surface area contributed by atoms with E-state index in [0.29, 0.717) is 16.3 Å². The predicted octanol–water partition coefficient (Wildman–Crippen LogP) is 2.92. The number of hydrogen-bond donors (Lipinski definition) is 2. The molecule has 0 spiro atoms. The lowest BCUT2D eigenvalue weighted by Crippen LogP contribution is -2.59. The first kappa shape index (κ1) is 20.9. The van der Waals surface area contributed by atoms with Gasteiger partial charge in [-0.25, -0.2) is 12.8 Å². The number of benzene rings is 1. The Bertz CT molecular complexity index is 1150. The summed E-state index contributed by atoms with van der Waals surface area (Å²) in [6.07, 6.45) is 1.64. The summed E-state index contributed by atoms with van der Waals surface area (Å²) < 4.78 is 40.4. The van der Waals surface area contributed by atoms with Gasteiger partial charge in [0.05, 0.1) is 22.2 Å². The minimum absolute atomic E-state index is 0.0693. The van der Waals surface area contributed by atoms with Crippen LogP contribution >= 0.6 is 11.8 Å². The van der Waals surface area contributed by atoms with Crippen molar-refractivity contribution in [3.05, 3.63) is 66.0 Å². The molecule has 0 bridgehead atoms. The first-order chi connectivity index (χ1) is 14.1. The van der Waals surface area contributed by atoms with Gasteiger partial charge in [-0.1, -0.05) is 18.2 Å². The van der Waals surface area contributed by atoms with Crippen LogP contribution in [-0.4, -0.2) is 42.0 Å². The largest absolute Gasteiger partial charge is 0.399 e. The molecule has 1 aromatic carbocycles. The number of hydrogen-bond acceptors (Lipinski definition) is 7. The Morgan fingerprint density at radius 3 is 2.57 bits per heavy atom. The molecule has 0 saturated heterocycles. The number of nitrogen functional groups attached to an aromatic ring is 1. The summed E-state index contributed by atoms with van der Waals surface area (Å²) in [5, 5.41) is -0.726. The molecule has 4 rings (SSSR count). The zero-order valence-corrected chi connectivity index (χ0v) is 18.3. The van der Waals surface area contributed by atoms with E-state index in [1.807, 2.05) is 6.07 Å². The quantitative estimate of drug-likeness (QED) is 0.701. The van der Waals surface area contributed by atoms with E-state index < -0.39 is 31.5 Å². The third kappa shape index (κ3) is 3.20. The Hall–Kier alpha value is -2.39. The molecule has 0 radical (unpaired) electrons. The number of pyridine rings is 1. The predicted molar refractivity (Wildman–Crippen MR) is 121 cm³/mol. The number of rotatable bonds is 3. The number of allylic oxidation sites excluding steroid dienone is 1. The molecule has 30 heavy (non-hydrogen) atoms. The van der Waals surface area contributed by atoms with Gasteiger partial charge < -0.3 is 11.5 Å². The minimum atomic E-state index is -3.82. The van der Waals surface area contributed by atoms with Crippen molar-refractivity contribution in [2.45, 2.75) is 35.6 Å². The summed E-state index contributed by atoms with van der Waals surface area (Å²) in [7, 11) is -3.82. The zero-order valence-electron chi connectivity index (χ0n) is 16.6. The third-order valence-corrected chi connectivity index (χ3v) is 10.0. The molecule has 4 atom stereocenters. The van der Waals surface area contributed by atoms with Gasteiger partial charge >= 0.3 is 0 Å². The third-order valence-electron chi connectivity index (χ3n) is 5.76. The van der Waals surface area contributed by atoms with Gasteiger partial charge in [0.2, 0.25) is 0 Å². The van der Waals surface area contributed by atoms with Crippen molar-refractivity contribution in [3.63, 3.8) is 0 Å². The molecule has 0 fully saturated rings.